The fraction of sp³-hybridized carbons (Fsp3) is 0.438. The van der Waals surface area contributed by atoms with Crippen molar-refractivity contribution < 1.29 is 19.4 Å². The van der Waals surface area contributed by atoms with Gasteiger partial charge in [-0.1, -0.05) is 48.7 Å². The average Bonchev–Trinajstić information content (AvgIpc) is 3.38. The van der Waals surface area contributed by atoms with Crippen LogP contribution in [0, 0.1) is 5.92 Å². The molecule has 7 rings (SSSR count). The van der Waals surface area contributed by atoms with Gasteiger partial charge in [0.25, 0.3) is 0 Å². The number of nitrogens with zero attached hydrogens (tertiary/aromatic N) is 5. The molecule has 3 atom stereocenters. The van der Waals surface area contributed by atoms with E-state index in [4.69, 9.17) is 9.47 Å². The summed E-state index contributed by atoms with van der Waals surface area (Å²) in [6.45, 7) is 3.49. The first kappa shape index (κ1) is 26.0. The van der Waals surface area contributed by atoms with Gasteiger partial charge in [0.2, 0.25) is 0 Å². The van der Waals surface area contributed by atoms with Crippen LogP contribution >= 0.6 is 0 Å². The van der Waals surface area contributed by atoms with Crippen LogP contribution in [0.1, 0.15) is 85.1 Å². The number of carboxylic acid groups (broad SMARTS) is 1. The van der Waals surface area contributed by atoms with Gasteiger partial charge < -0.3 is 14.6 Å². The highest BCUT2D eigenvalue weighted by Crippen LogP contribution is 2.55. The van der Waals surface area contributed by atoms with Crippen molar-refractivity contribution in [2.24, 2.45) is 5.92 Å². The minimum Gasteiger partial charge on any atom is -0.490 e. The van der Waals surface area contributed by atoms with Gasteiger partial charge in [-0.25, -0.2) is 14.2 Å². The second kappa shape index (κ2) is 10.8. The molecule has 0 unspecified atom stereocenters. The molecule has 9 nitrogen and oxygen atoms in total. The van der Waals surface area contributed by atoms with Crippen LogP contribution in [-0.4, -0.2) is 55.2 Å². The van der Waals surface area contributed by atoms with Gasteiger partial charge in [0.15, 0.2) is 0 Å². The maximum Gasteiger partial charge on any atom is 0.339 e. The molecule has 0 spiro atoms. The number of aromatic carboxylic acids is 1. The van der Waals surface area contributed by atoms with Crippen molar-refractivity contribution in [1.29, 1.82) is 0 Å². The number of ether oxygens (including phenoxy) is 2. The predicted octanol–water partition coefficient (Wildman–Crippen LogP) is 6.02. The lowest BCUT2D eigenvalue weighted by Crippen LogP contribution is -2.30. The van der Waals surface area contributed by atoms with E-state index in [-0.39, 0.29) is 29.5 Å². The van der Waals surface area contributed by atoms with Crippen molar-refractivity contribution in [3.05, 3.63) is 77.9 Å². The lowest BCUT2D eigenvalue weighted by Gasteiger charge is -2.28. The van der Waals surface area contributed by atoms with E-state index in [0.29, 0.717) is 24.8 Å². The molecular weight excluding hydrogens is 518 g/mol. The zero-order chi connectivity index (χ0) is 27.9. The Hall–Kier alpha value is -3.98. The quantitative estimate of drug-likeness (QED) is 0.270. The molecule has 1 aliphatic heterocycles. The van der Waals surface area contributed by atoms with Gasteiger partial charge in [-0.15, -0.1) is 5.10 Å². The van der Waals surface area contributed by atoms with Crippen LogP contribution < -0.4 is 4.74 Å². The minimum absolute atomic E-state index is 0.00745. The molecule has 2 aliphatic carbocycles. The van der Waals surface area contributed by atoms with E-state index >= 15 is 0 Å². The minimum atomic E-state index is -0.972. The van der Waals surface area contributed by atoms with Crippen molar-refractivity contribution in [3.63, 3.8) is 0 Å². The molecule has 4 aromatic rings. The van der Waals surface area contributed by atoms with Gasteiger partial charge in [0.1, 0.15) is 17.4 Å². The number of benzene rings is 2. The molecule has 2 aromatic heterocycles. The highest BCUT2D eigenvalue weighted by Gasteiger charge is 2.46. The summed E-state index contributed by atoms with van der Waals surface area (Å²) in [6.07, 6.45) is 10.8. The van der Waals surface area contributed by atoms with Gasteiger partial charge in [0.05, 0.1) is 42.6 Å². The molecule has 0 amide bonds. The van der Waals surface area contributed by atoms with Gasteiger partial charge in [-0.2, -0.15) is 5.10 Å². The van der Waals surface area contributed by atoms with Crippen LogP contribution in [-0.2, 0) is 4.74 Å². The summed E-state index contributed by atoms with van der Waals surface area (Å²) < 4.78 is 15.3. The average molecular weight is 554 g/mol. The van der Waals surface area contributed by atoms with Crippen LogP contribution in [0.15, 0.2) is 60.9 Å². The van der Waals surface area contributed by atoms with Crippen LogP contribution in [0.25, 0.3) is 16.8 Å². The van der Waals surface area contributed by atoms with E-state index in [9.17, 15) is 9.90 Å². The zero-order valence-corrected chi connectivity index (χ0v) is 23.2. The van der Waals surface area contributed by atoms with Gasteiger partial charge in [0, 0.05) is 18.0 Å². The Bertz CT molecular complexity index is 1550. The molecule has 0 bridgehead atoms. The fourth-order valence-electron chi connectivity index (χ4n) is 6.40. The first-order valence-electron chi connectivity index (χ1n) is 14.7. The number of hydrogen-bond donors (Lipinski definition) is 1. The van der Waals surface area contributed by atoms with E-state index < -0.39 is 5.97 Å². The van der Waals surface area contributed by atoms with E-state index in [2.05, 4.69) is 46.6 Å². The normalized spacial score (nSPS) is 21.8. The molecule has 3 aliphatic rings. The smallest absolute Gasteiger partial charge is 0.339 e. The summed E-state index contributed by atoms with van der Waals surface area (Å²) in [4.78, 5) is 12.2. The maximum absolute atomic E-state index is 12.2. The fourth-order valence-corrected chi connectivity index (χ4v) is 6.40. The number of aromatic nitrogens is 5. The summed E-state index contributed by atoms with van der Waals surface area (Å²) in [5.74, 6) is 0.636. The monoisotopic (exact) mass is 553 g/mol. The highest BCUT2D eigenvalue weighted by molar-refractivity contribution is 5.89. The van der Waals surface area contributed by atoms with Crippen molar-refractivity contribution in [2.75, 3.05) is 13.2 Å². The predicted molar refractivity (Wildman–Crippen MR) is 153 cm³/mol. The Balaban J connectivity index is 1.14. The molecular formula is C32H35N5O4. The second-order valence-corrected chi connectivity index (χ2v) is 11.7. The Labute approximate surface area is 239 Å². The first-order valence-corrected chi connectivity index (χ1v) is 14.7. The lowest BCUT2D eigenvalue weighted by molar-refractivity contribution is -0.0293. The molecule has 212 valence electrons. The van der Waals surface area contributed by atoms with E-state index in [1.165, 1.54) is 38.3 Å². The molecule has 3 fully saturated rings. The number of carboxylic acids is 1. The maximum atomic E-state index is 12.2. The molecule has 2 saturated carbocycles. The molecule has 9 heteroatoms. The molecule has 2 aromatic carbocycles. The number of rotatable bonds is 9. The van der Waals surface area contributed by atoms with Crippen LogP contribution in [0.4, 0.5) is 0 Å². The largest absolute Gasteiger partial charge is 0.490 e. The summed E-state index contributed by atoms with van der Waals surface area (Å²) in [5.41, 5.74) is 4.73. The summed E-state index contributed by atoms with van der Waals surface area (Å²) in [6, 6.07) is 16.6. The van der Waals surface area contributed by atoms with Crippen molar-refractivity contribution in [1.82, 2.24) is 24.8 Å². The van der Waals surface area contributed by atoms with Gasteiger partial charge in [-0.3, -0.25) is 0 Å². The highest BCUT2D eigenvalue weighted by atomic mass is 16.5. The molecule has 0 radical (unpaired) electrons. The summed E-state index contributed by atoms with van der Waals surface area (Å²) in [7, 11) is 0. The van der Waals surface area contributed by atoms with Crippen LogP contribution in [0.5, 0.6) is 5.75 Å². The molecule has 41 heavy (non-hydrogen) atoms. The SMILES string of the molecule is C[C@H](Oc1cccc(-c2cccc(-n3ncc(C(=O)O)c3[C@@H]3C[C@H]3c3cn(C4COC4)nn3)c2)c1)C1CCCCC1. The van der Waals surface area contributed by atoms with Gasteiger partial charge >= 0.3 is 5.97 Å². The molecule has 1 N–H and O–H groups in total. The standard InChI is InChI=1S/C32H35N5O4/c1-20(21-7-3-2-4-8-21)41-26-12-6-10-23(14-26)22-9-5-11-24(13-22)37-31(29(16-33-37)32(38)39)28-15-27(28)30-17-36(35-34-30)25-18-40-19-25/h5-6,9-14,16-17,20-21,25,27-28H,2-4,7-8,15,18-19H2,1H3,(H,38,39)/t20-,27+,28+/m0/s1. The second-order valence-electron chi connectivity index (χ2n) is 11.7. The Kier molecular flexibility index (Phi) is 6.82. The van der Waals surface area contributed by atoms with E-state index in [1.807, 2.05) is 35.1 Å². The Morgan fingerprint density at radius 3 is 2.59 bits per heavy atom. The Morgan fingerprint density at radius 2 is 1.83 bits per heavy atom. The number of hydrogen-bond acceptors (Lipinski definition) is 6. The first-order chi connectivity index (χ1) is 20.0. The Morgan fingerprint density at radius 1 is 1.05 bits per heavy atom. The van der Waals surface area contributed by atoms with Crippen molar-refractivity contribution >= 4 is 5.97 Å². The van der Waals surface area contributed by atoms with E-state index in [0.717, 1.165) is 34.7 Å². The number of carbonyl (C=O) groups is 1. The third kappa shape index (κ3) is 5.14. The topological polar surface area (TPSA) is 104 Å². The van der Waals surface area contributed by atoms with E-state index in [1.54, 1.807) is 4.68 Å². The molecule has 3 heterocycles. The summed E-state index contributed by atoms with van der Waals surface area (Å²) in [5, 5.41) is 23.2. The van der Waals surface area contributed by atoms with Crippen molar-refractivity contribution in [2.45, 2.75) is 69.4 Å². The van der Waals surface area contributed by atoms with Crippen LogP contribution in [0.2, 0.25) is 0 Å². The lowest BCUT2D eigenvalue weighted by atomic mass is 9.86. The third-order valence-corrected chi connectivity index (χ3v) is 8.97. The third-order valence-electron chi connectivity index (χ3n) is 8.97. The zero-order valence-electron chi connectivity index (χ0n) is 23.2. The van der Waals surface area contributed by atoms with Gasteiger partial charge in [-0.05, 0) is 67.5 Å². The van der Waals surface area contributed by atoms with Crippen molar-refractivity contribution in [3.8, 4) is 22.6 Å². The molecule has 1 saturated heterocycles. The van der Waals surface area contributed by atoms with Crippen LogP contribution in [0.3, 0.4) is 0 Å². The summed E-state index contributed by atoms with van der Waals surface area (Å²) >= 11 is 0.